The number of nitrogens with one attached hydrogen (secondary N) is 1. The van der Waals surface area contributed by atoms with Gasteiger partial charge in [0.25, 0.3) is 0 Å². The van der Waals surface area contributed by atoms with Crippen molar-refractivity contribution in [1.29, 1.82) is 0 Å². The molecule has 2 N–H and O–H groups in total. The lowest BCUT2D eigenvalue weighted by molar-refractivity contribution is -0.126. The van der Waals surface area contributed by atoms with Crippen molar-refractivity contribution in [3.63, 3.8) is 0 Å². The van der Waals surface area contributed by atoms with Gasteiger partial charge in [0.15, 0.2) is 0 Å². The number of rotatable bonds is 5. The number of aromatic nitrogens is 1. The van der Waals surface area contributed by atoms with Crippen molar-refractivity contribution in [2.45, 2.75) is 57.9 Å². The van der Waals surface area contributed by atoms with E-state index >= 15 is 0 Å². The number of hydrogen-bond donors (Lipinski definition) is 2. The summed E-state index contributed by atoms with van der Waals surface area (Å²) in [6.07, 6.45) is 6.99. The average Bonchev–Trinajstić information content (AvgIpc) is 2.79. The van der Waals surface area contributed by atoms with Crippen molar-refractivity contribution in [2.24, 2.45) is 5.92 Å². The van der Waals surface area contributed by atoms with Crippen molar-refractivity contribution in [1.82, 2.24) is 10.3 Å². The van der Waals surface area contributed by atoms with Crippen LogP contribution in [0.4, 0.5) is 0 Å². The highest BCUT2D eigenvalue weighted by Gasteiger charge is 2.27. The zero-order valence-electron chi connectivity index (χ0n) is 17.8. The van der Waals surface area contributed by atoms with Crippen LogP contribution in [0.1, 0.15) is 74.6 Å². The number of aromatic hydroxyl groups is 1. The third kappa shape index (κ3) is 4.18. The van der Waals surface area contributed by atoms with E-state index in [4.69, 9.17) is 0 Å². The largest absolute Gasteiger partial charge is 0.505 e. The SMILES string of the molecule is CC(C)c1ccc(C(NC(=O)C2CCCCC2)c2ccc3cccnc3c2O)cc1. The van der Waals surface area contributed by atoms with E-state index in [1.165, 1.54) is 12.0 Å². The highest BCUT2D eigenvalue weighted by atomic mass is 16.3. The van der Waals surface area contributed by atoms with Crippen LogP contribution in [0.3, 0.4) is 0 Å². The molecule has 0 aliphatic heterocycles. The second-order valence-corrected chi connectivity index (χ2v) is 8.68. The predicted octanol–water partition coefficient (Wildman–Crippen LogP) is 5.85. The van der Waals surface area contributed by atoms with Crippen molar-refractivity contribution >= 4 is 16.8 Å². The van der Waals surface area contributed by atoms with Crippen LogP contribution in [0.15, 0.2) is 54.7 Å². The first kappa shape index (κ1) is 20.4. The standard InChI is InChI=1S/C26H30N2O2/c1-17(2)18-10-12-20(13-11-18)23(28-26(30)21-7-4-3-5-8-21)22-15-14-19-9-6-16-27-24(19)25(22)29/h6,9-17,21,23,29H,3-5,7-8H2,1-2H3,(H,28,30). The van der Waals surface area contributed by atoms with E-state index in [0.717, 1.165) is 36.6 Å². The molecular formula is C26H30N2O2. The van der Waals surface area contributed by atoms with Gasteiger partial charge in [0, 0.05) is 23.1 Å². The lowest BCUT2D eigenvalue weighted by Gasteiger charge is -2.26. The maximum Gasteiger partial charge on any atom is 0.223 e. The molecule has 1 fully saturated rings. The van der Waals surface area contributed by atoms with Crippen molar-refractivity contribution < 1.29 is 9.90 Å². The van der Waals surface area contributed by atoms with Gasteiger partial charge in [0.1, 0.15) is 11.3 Å². The van der Waals surface area contributed by atoms with E-state index < -0.39 is 6.04 Å². The van der Waals surface area contributed by atoms with Gasteiger partial charge in [-0.15, -0.1) is 0 Å². The quantitative estimate of drug-likeness (QED) is 0.563. The number of hydrogen-bond acceptors (Lipinski definition) is 3. The Morgan fingerprint density at radius 2 is 1.70 bits per heavy atom. The number of carbonyl (C=O) groups is 1. The highest BCUT2D eigenvalue weighted by molar-refractivity contribution is 5.86. The van der Waals surface area contributed by atoms with Gasteiger partial charge in [-0.2, -0.15) is 0 Å². The number of nitrogens with zero attached hydrogens (tertiary/aromatic N) is 1. The van der Waals surface area contributed by atoms with E-state index in [1.54, 1.807) is 6.20 Å². The van der Waals surface area contributed by atoms with Gasteiger partial charge in [-0.25, -0.2) is 0 Å². The molecule has 0 spiro atoms. The fraction of sp³-hybridized carbons (Fsp3) is 0.385. The first-order valence-electron chi connectivity index (χ1n) is 11.0. The molecule has 156 valence electrons. The normalized spacial score (nSPS) is 16.0. The number of pyridine rings is 1. The highest BCUT2D eigenvalue weighted by Crippen LogP contribution is 2.35. The van der Waals surface area contributed by atoms with Crippen LogP contribution in [0.5, 0.6) is 5.75 Å². The maximum atomic E-state index is 13.1. The molecule has 30 heavy (non-hydrogen) atoms. The molecule has 1 amide bonds. The molecule has 1 heterocycles. The molecule has 3 aromatic rings. The van der Waals surface area contributed by atoms with Gasteiger partial charge in [-0.05, 0) is 36.0 Å². The second-order valence-electron chi connectivity index (χ2n) is 8.68. The minimum atomic E-state index is -0.410. The summed E-state index contributed by atoms with van der Waals surface area (Å²) in [7, 11) is 0. The summed E-state index contributed by atoms with van der Waals surface area (Å²) < 4.78 is 0. The minimum Gasteiger partial charge on any atom is -0.505 e. The number of amides is 1. The Morgan fingerprint density at radius 1 is 1.00 bits per heavy atom. The molecule has 4 heteroatoms. The minimum absolute atomic E-state index is 0.0527. The van der Waals surface area contributed by atoms with Crippen LogP contribution in [0.2, 0.25) is 0 Å². The summed E-state index contributed by atoms with van der Waals surface area (Å²) in [5, 5.41) is 15.2. The molecule has 1 saturated carbocycles. The Kier molecular flexibility index (Phi) is 6.03. The van der Waals surface area contributed by atoms with Gasteiger partial charge in [0.2, 0.25) is 5.91 Å². The van der Waals surface area contributed by atoms with Crippen molar-refractivity contribution in [3.05, 3.63) is 71.4 Å². The second kappa shape index (κ2) is 8.86. The molecule has 1 aromatic heterocycles. The Bertz CT molecular complexity index is 1020. The summed E-state index contributed by atoms with van der Waals surface area (Å²) >= 11 is 0. The molecule has 2 aromatic carbocycles. The first-order chi connectivity index (χ1) is 14.5. The van der Waals surface area contributed by atoms with Gasteiger partial charge in [-0.1, -0.05) is 75.6 Å². The molecule has 1 atom stereocenters. The van der Waals surface area contributed by atoms with E-state index in [9.17, 15) is 9.90 Å². The summed E-state index contributed by atoms with van der Waals surface area (Å²) in [5.74, 6) is 0.702. The number of phenols is 1. The number of benzene rings is 2. The lowest BCUT2D eigenvalue weighted by atomic mass is 9.87. The molecular weight excluding hydrogens is 372 g/mol. The van der Waals surface area contributed by atoms with Crippen LogP contribution in [-0.4, -0.2) is 16.0 Å². The van der Waals surface area contributed by atoms with Gasteiger partial charge >= 0.3 is 0 Å². The number of carbonyl (C=O) groups excluding carboxylic acids is 1. The topological polar surface area (TPSA) is 62.2 Å². The van der Waals surface area contributed by atoms with Gasteiger partial charge in [-0.3, -0.25) is 9.78 Å². The summed E-state index contributed by atoms with van der Waals surface area (Å²) in [4.78, 5) is 17.5. The average molecular weight is 403 g/mol. The van der Waals surface area contributed by atoms with Crippen molar-refractivity contribution in [3.8, 4) is 5.75 Å². The maximum absolute atomic E-state index is 13.1. The fourth-order valence-electron chi connectivity index (χ4n) is 4.42. The fourth-order valence-corrected chi connectivity index (χ4v) is 4.42. The monoisotopic (exact) mass is 402 g/mol. The van der Waals surface area contributed by atoms with E-state index in [2.05, 4.69) is 48.4 Å². The Hall–Kier alpha value is -2.88. The smallest absolute Gasteiger partial charge is 0.223 e. The molecule has 4 nitrogen and oxygen atoms in total. The van der Waals surface area contributed by atoms with E-state index in [-0.39, 0.29) is 17.6 Å². The zero-order chi connectivity index (χ0) is 21.1. The molecule has 1 aliphatic carbocycles. The molecule has 4 rings (SSSR count). The number of phenolic OH excluding ortho intramolecular Hbond substituents is 1. The Morgan fingerprint density at radius 3 is 2.40 bits per heavy atom. The molecule has 1 unspecified atom stereocenters. The van der Waals surface area contributed by atoms with Crippen LogP contribution in [0.25, 0.3) is 10.9 Å². The molecule has 0 bridgehead atoms. The molecule has 1 aliphatic rings. The van der Waals surface area contributed by atoms with Gasteiger partial charge < -0.3 is 10.4 Å². The van der Waals surface area contributed by atoms with E-state index in [0.29, 0.717) is 17.0 Å². The van der Waals surface area contributed by atoms with Crippen molar-refractivity contribution in [2.75, 3.05) is 0 Å². The zero-order valence-corrected chi connectivity index (χ0v) is 17.8. The Labute approximate surface area is 178 Å². The van der Waals surface area contributed by atoms with E-state index in [1.807, 2.05) is 24.3 Å². The summed E-state index contributed by atoms with van der Waals surface area (Å²) in [5.41, 5.74) is 3.46. The molecule has 0 saturated heterocycles. The summed E-state index contributed by atoms with van der Waals surface area (Å²) in [6.45, 7) is 4.33. The lowest BCUT2D eigenvalue weighted by Crippen LogP contribution is -2.35. The predicted molar refractivity (Wildman–Crippen MR) is 120 cm³/mol. The molecule has 0 radical (unpaired) electrons. The van der Waals surface area contributed by atoms with Crippen LogP contribution >= 0.6 is 0 Å². The first-order valence-corrected chi connectivity index (χ1v) is 11.0. The van der Waals surface area contributed by atoms with Crippen LogP contribution < -0.4 is 5.32 Å². The summed E-state index contributed by atoms with van der Waals surface area (Å²) in [6, 6.07) is 15.6. The third-order valence-corrected chi connectivity index (χ3v) is 6.29. The Balaban J connectivity index is 1.73. The van der Waals surface area contributed by atoms with Gasteiger partial charge in [0.05, 0.1) is 6.04 Å². The third-order valence-electron chi connectivity index (χ3n) is 6.29. The van der Waals surface area contributed by atoms with Crippen LogP contribution in [0, 0.1) is 5.92 Å². The van der Waals surface area contributed by atoms with Crippen LogP contribution in [-0.2, 0) is 4.79 Å². The number of fused-ring (bicyclic) bond motifs is 1.